The molecule has 0 aromatic carbocycles. The van der Waals surface area contributed by atoms with Crippen LogP contribution in [0.4, 0.5) is 14.5 Å². The Hall–Kier alpha value is -1.46. The van der Waals surface area contributed by atoms with Gasteiger partial charge in [0.05, 0.1) is 11.7 Å². The van der Waals surface area contributed by atoms with E-state index in [9.17, 15) is 13.6 Å². The van der Waals surface area contributed by atoms with Crippen molar-refractivity contribution >= 4 is 11.5 Å². The number of carbonyl (C=O) groups excluding carboxylic acids is 1. The molecule has 100 valence electrons. The number of hydrogen-bond donors (Lipinski definition) is 1. The van der Waals surface area contributed by atoms with Crippen LogP contribution in [-0.4, -0.2) is 15.6 Å². The molecule has 18 heavy (non-hydrogen) atoms. The maximum Gasteiger partial charge on any atom is 0.284 e. The summed E-state index contributed by atoms with van der Waals surface area (Å²) < 4.78 is 26.7. The van der Waals surface area contributed by atoms with E-state index in [4.69, 9.17) is 5.73 Å². The Bertz CT molecular complexity index is 437. The second kappa shape index (κ2) is 5.04. The molecule has 0 bridgehead atoms. The number of Topliss-reactive ketones (excluding diaryl/α,β-unsaturated/α-hetero) is 1. The molecule has 6 heteroatoms. The van der Waals surface area contributed by atoms with Crippen molar-refractivity contribution in [2.45, 2.75) is 45.1 Å². The fourth-order valence-electron chi connectivity index (χ4n) is 2.52. The summed E-state index contributed by atoms with van der Waals surface area (Å²) in [7, 11) is 0. The number of nitrogens with zero attached hydrogens (tertiary/aromatic N) is 2. The van der Waals surface area contributed by atoms with Gasteiger partial charge in [0.2, 0.25) is 0 Å². The average Bonchev–Trinajstić information content (AvgIpc) is 2.71. The molecular weight excluding hydrogens is 240 g/mol. The van der Waals surface area contributed by atoms with Gasteiger partial charge in [-0.3, -0.25) is 9.48 Å². The summed E-state index contributed by atoms with van der Waals surface area (Å²) >= 11 is 0. The first-order chi connectivity index (χ1) is 8.49. The SMILES string of the molecule is CC(=O)[C@H]1CC[C@@H](n2cc(N)c(C(F)F)n2)CC1. The zero-order chi connectivity index (χ0) is 13.3. The van der Waals surface area contributed by atoms with Gasteiger partial charge in [-0.25, -0.2) is 8.78 Å². The Morgan fingerprint density at radius 1 is 1.44 bits per heavy atom. The van der Waals surface area contributed by atoms with Gasteiger partial charge in [-0.15, -0.1) is 0 Å². The number of rotatable bonds is 3. The normalized spacial score (nSPS) is 24.4. The summed E-state index contributed by atoms with van der Waals surface area (Å²) in [6.45, 7) is 1.60. The van der Waals surface area contributed by atoms with E-state index in [1.807, 2.05) is 0 Å². The summed E-state index contributed by atoms with van der Waals surface area (Å²) in [5, 5.41) is 3.86. The molecule has 1 aliphatic rings. The molecule has 2 N–H and O–H groups in total. The van der Waals surface area contributed by atoms with Crippen LogP contribution in [0.5, 0.6) is 0 Å². The molecule has 0 amide bonds. The Labute approximate surface area is 104 Å². The van der Waals surface area contributed by atoms with Crippen LogP contribution in [0.3, 0.4) is 0 Å². The number of halogens is 2. The number of nitrogen functional groups attached to an aromatic ring is 1. The van der Waals surface area contributed by atoms with Gasteiger partial charge in [0.1, 0.15) is 5.78 Å². The molecule has 0 aliphatic heterocycles. The Kier molecular flexibility index (Phi) is 3.63. The molecule has 0 unspecified atom stereocenters. The maximum absolute atomic E-state index is 12.6. The zero-order valence-corrected chi connectivity index (χ0v) is 10.3. The quantitative estimate of drug-likeness (QED) is 0.905. The number of anilines is 1. The fourth-order valence-corrected chi connectivity index (χ4v) is 2.52. The van der Waals surface area contributed by atoms with Crippen molar-refractivity contribution < 1.29 is 13.6 Å². The highest BCUT2D eigenvalue weighted by atomic mass is 19.3. The lowest BCUT2D eigenvalue weighted by molar-refractivity contribution is -0.121. The number of alkyl halides is 2. The van der Waals surface area contributed by atoms with Crippen molar-refractivity contribution in [1.29, 1.82) is 0 Å². The van der Waals surface area contributed by atoms with Crippen molar-refractivity contribution in [3.05, 3.63) is 11.9 Å². The van der Waals surface area contributed by atoms with E-state index in [1.165, 1.54) is 10.9 Å². The van der Waals surface area contributed by atoms with Gasteiger partial charge in [-0.05, 0) is 32.6 Å². The number of carbonyl (C=O) groups is 1. The van der Waals surface area contributed by atoms with Crippen LogP contribution in [0.2, 0.25) is 0 Å². The molecule has 0 spiro atoms. The zero-order valence-electron chi connectivity index (χ0n) is 10.3. The Morgan fingerprint density at radius 2 is 2.06 bits per heavy atom. The van der Waals surface area contributed by atoms with Crippen LogP contribution in [-0.2, 0) is 4.79 Å². The highest BCUT2D eigenvalue weighted by Crippen LogP contribution is 2.34. The highest BCUT2D eigenvalue weighted by molar-refractivity contribution is 5.78. The van der Waals surface area contributed by atoms with Crippen molar-refractivity contribution in [3.63, 3.8) is 0 Å². The van der Waals surface area contributed by atoms with Gasteiger partial charge in [0.15, 0.2) is 5.69 Å². The average molecular weight is 257 g/mol. The third-order valence-electron chi connectivity index (χ3n) is 3.64. The standard InChI is InChI=1S/C12H17F2N3O/c1-7(18)8-2-4-9(5-3-8)17-6-10(15)11(16-17)12(13)14/h6,8-9,12H,2-5,15H2,1H3/t8-,9+. The van der Waals surface area contributed by atoms with Gasteiger partial charge in [-0.2, -0.15) is 5.10 Å². The summed E-state index contributed by atoms with van der Waals surface area (Å²) in [6.07, 6.45) is 2.00. The molecule has 0 saturated heterocycles. The van der Waals surface area contributed by atoms with Gasteiger partial charge in [0.25, 0.3) is 6.43 Å². The van der Waals surface area contributed by atoms with Crippen LogP contribution < -0.4 is 5.73 Å². The fraction of sp³-hybridized carbons (Fsp3) is 0.667. The minimum absolute atomic E-state index is 0.0405. The third kappa shape index (κ3) is 2.52. The summed E-state index contributed by atoms with van der Waals surface area (Å²) in [4.78, 5) is 11.2. The monoisotopic (exact) mass is 257 g/mol. The second-order valence-electron chi connectivity index (χ2n) is 4.87. The topological polar surface area (TPSA) is 60.9 Å². The summed E-state index contributed by atoms with van der Waals surface area (Å²) in [5.74, 6) is 0.324. The van der Waals surface area contributed by atoms with E-state index in [2.05, 4.69) is 5.10 Å². The second-order valence-corrected chi connectivity index (χ2v) is 4.87. The number of hydrogen-bond acceptors (Lipinski definition) is 3. The maximum atomic E-state index is 12.6. The molecule has 1 aromatic rings. The molecule has 0 radical (unpaired) electrons. The molecule has 1 fully saturated rings. The van der Waals surface area contributed by atoms with E-state index in [0.29, 0.717) is 0 Å². The van der Waals surface area contributed by atoms with E-state index in [-0.39, 0.29) is 29.1 Å². The van der Waals surface area contributed by atoms with Gasteiger partial charge in [-0.1, -0.05) is 0 Å². The minimum atomic E-state index is -2.64. The first-order valence-corrected chi connectivity index (χ1v) is 6.12. The van der Waals surface area contributed by atoms with Gasteiger partial charge < -0.3 is 5.73 Å². The molecule has 1 saturated carbocycles. The van der Waals surface area contributed by atoms with Crippen LogP contribution in [0.15, 0.2) is 6.20 Å². The first-order valence-electron chi connectivity index (χ1n) is 6.12. The van der Waals surface area contributed by atoms with E-state index in [1.54, 1.807) is 6.92 Å². The Balaban J connectivity index is 2.06. The highest BCUT2D eigenvalue weighted by Gasteiger charge is 2.27. The predicted molar refractivity (Wildman–Crippen MR) is 63.3 cm³/mol. The van der Waals surface area contributed by atoms with Crippen LogP contribution in [0, 0.1) is 5.92 Å². The third-order valence-corrected chi connectivity index (χ3v) is 3.64. The predicted octanol–water partition coefficient (Wildman–Crippen LogP) is 2.72. The number of nitrogens with two attached hydrogens (primary N) is 1. The summed E-state index contributed by atoms with van der Waals surface area (Å²) in [5.41, 5.74) is 5.20. The Morgan fingerprint density at radius 3 is 2.50 bits per heavy atom. The van der Waals surface area contributed by atoms with Crippen molar-refractivity contribution in [2.75, 3.05) is 5.73 Å². The van der Waals surface area contributed by atoms with Crippen molar-refractivity contribution in [1.82, 2.24) is 9.78 Å². The lowest BCUT2D eigenvalue weighted by Crippen LogP contribution is -2.22. The van der Waals surface area contributed by atoms with Crippen molar-refractivity contribution in [3.8, 4) is 0 Å². The minimum Gasteiger partial charge on any atom is -0.396 e. The number of aromatic nitrogens is 2. The van der Waals surface area contributed by atoms with E-state index >= 15 is 0 Å². The van der Waals surface area contributed by atoms with Crippen LogP contribution in [0.25, 0.3) is 0 Å². The van der Waals surface area contributed by atoms with Crippen LogP contribution in [0.1, 0.15) is 50.8 Å². The molecule has 1 heterocycles. The molecule has 0 atom stereocenters. The van der Waals surface area contributed by atoms with E-state index in [0.717, 1.165) is 25.7 Å². The smallest absolute Gasteiger partial charge is 0.284 e. The van der Waals surface area contributed by atoms with E-state index < -0.39 is 6.43 Å². The molecule has 1 aliphatic carbocycles. The molecule has 2 rings (SSSR count). The van der Waals surface area contributed by atoms with Gasteiger partial charge >= 0.3 is 0 Å². The lowest BCUT2D eigenvalue weighted by Gasteiger charge is -2.27. The summed E-state index contributed by atoms with van der Waals surface area (Å²) in [6, 6.07) is 0.0791. The van der Waals surface area contributed by atoms with Gasteiger partial charge in [0, 0.05) is 12.1 Å². The first kappa shape index (κ1) is 13.0. The number of ketones is 1. The molecule has 4 nitrogen and oxygen atoms in total. The largest absolute Gasteiger partial charge is 0.396 e. The molecule has 1 aromatic heterocycles. The molecular formula is C12H17F2N3O. The van der Waals surface area contributed by atoms with Crippen molar-refractivity contribution in [2.24, 2.45) is 5.92 Å². The van der Waals surface area contributed by atoms with Crippen LogP contribution >= 0.6 is 0 Å². The lowest BCUT2D eigenvalue weighted by atomic mass is 9.84.